The largest absolute Gasteiger partial charge is 0.320 e. The molecule has 2 aromatic heterocycles. The molecule has 3 aromatic rings. The smallest absolute Gasteiger partial charge is 0.274 e. The molecule has 0 saturated heterocycles. The zero-order valence-corrected chi connectivity index (χ0v) is 18.5. The number of hydrogen-bond donors (Lipinski definition) is 2. The van der Waals surface area contributed by atoms with Gasteiger partial charge in [0.25, 0.3) is 11.8 Å². The molecule has 2 N–H and O–H groups in total. The van der Waals surface area contributed by atoms with Crippen molar-refractivity contribution < 1.29 is 9.59 Å². The number of anilines is 1. The summed E-state index contributed by atoms with van der Waals surface area (Å²) in [6, 6.07) is 11.5. The lowest BCUT2D eigenvalue weighted by atomic mass is 10.1. The number of pyridine rings is 1. The molecular formula is C20H18BrClN6O2. The van der Waals surface area contributed by atoms with Crippen LogP contribution in [0.5, 0.6) is 0 Å². The summed E-state index contributed by atoms with van der Waals surface area (Å²) in [5.74, 6) is -0.602. The first-order chi connectivity index (χ1) is 14.4. The first-order valence-electron chi connectivity index (χ1n) is 9.01. The first kappa shape index (κ1) is 21.7. The number of nitrogens with one attached hydrogen (secondary N) is 2. The fraction of sp³-hybridized carbons (Fsp3) is 0.150. The minimum Gasteiger partial charge on any atom is -0.320 e. The fourth-order valence-electron chi connectivity index (χ4n) is 2.47. The van der Waals surface area contributed by atoms with Gasteiger partial charge in [-0.15, -0.1) is 0 Å². The van der Waals surface area contributed by atoms with Crippen LogP contribution in [0.15, 0.2) is 58.4 Å². The molecule has 3 rings (SSSR count). The van der Waals surface area contributed by atoms with Crippen LogP contribution >= 0.6 is 27.5 Å². The Bertz CT molecular complexity index is 1130. The van der Waals surface area contributed by atoms with Gasteiger partial charge in [0.2, 0.25) is 0 Å². The zero-order valence-electron chi connectivity index (χ0n) is 16.2. The van der Waals surface area contributed by atoms with Gasteiger partial charge >= 0.3 is 0 Å². The molecule has 0 spiro atoms. The van der Waals surface area contributed by atoms with Crippen LogP contribution in [-0.2, 0) is 0 Å². The summed E-state index contributed by atoms with van der Waals surface area (Å²) < 4.78 is 1.77. The second kappa shape index (κ2) is 9.64. The van der Waals surface area contributed by atoms with Crippen molar-refractivity contribution in [3.8, 4) is 5.82 Å². The maximum atomic E-state index is 13.0. The van der Waals surface area contributed by atoms with Crippen LogP contribution in [0, 0.1) is 0 Å². The van der Waals surface area contributed by atoms with Crippen LogP contribution in [0.25, 0.3) is 5.82 Å². The van der Waals surface area contributed by atoms with Crippen LogP contribution < -0.4 is 10.7 Å². The number of hydrogen-bond acceptors (Lipinski definition) is 5. The van der Waals surface area contributed by atoms with E-state index in [1.807, 2.05) is 13.8 Å². The van der Waals surface area contributed by atoms with Gasteiger partial charge in [-0.2, -0.15) is 10.2 Å². The lowest BCUT2D eigenvalue weighted by Crippen LogP contribution is -2.23. The van der Waals surface area contributed by atoms with E-state index < -0.39 is 11.8 Å². The number of halogens is 2. The van der Waals surface area contributed by atoms with Gasteiger partial charge in [-0.3, -0.25) is 9.59 Å². The topological polar surface area (TPSA) is 101 Å². The molecule has 2 amide bonds. The van der Waals surface area contributed by atoms with Crippen LogP contribution in [0.2, 0.25) is 5.02 Å². The Morgan fingerprint density at radius 1 is 1.20 bits per heavy atom. The van der Waals surface area contributed by atoms with Crippen molar-refractivity contribution in [3.63, 3.8) is 0 Å². The number of rotatable bonds is 6. The molecule has 10 heteroatoms. The van der Waals surface area contributed by atoms with Crippen LogP contribution in [0.3, 0.4) is 0 Å². The van der Waals surface area contributed by atoms with Crippen molar-refractivity contribution in [3.05, 3.63) is 69.5 Å². The second-order valence-electron chi connectivity index (χ2n) is 6.21. The lowest BCUT2D eigenvalue weighted by Gasteiger charge is -2.11. The Hall–Kier alpha value is -3.04. The van der Waals surface area contributed by atoms with Gasteiger partial charge in [0.15, 0.2) is 5.82 Å². The van der Waals surface area contributed by atoms with E-state index in [1.165, 1.54) is 10.7 Å². The molecule has 0 fully saturated rings. The maximum Gasteiger partial charge on any atom is 0.274 e. The van der Waals surface area contributed by atoms with Crippen molar-refractivity contribution in [2.75, 3.05) is 5.32 Å². The van der Waals surface area contributed by atoms with Crippen LogP contribution in [-0.4, -0.2) is 32.3 Å². The highest BCUT2D eigenvalue weighted by atomic mass is 79.9. The molecule has 0 saturated carbocycles. The van der Waals surface area contributed by atoms with Gasteiger partial charge < -0.3 is 5.32 Å². The monoisotopic (exact) mass is 488 g/mol. The Morgan fingerprint density at radius 3 is 2.70 bits per heavy atom. The normalized spacial score (nSPS) is 11.3. The number of carbonyl (C=O) groups is 2. The van der Waals surface area contributed by atoms with E-state index in [2.05, 4.69) is 41.9 Å². The predicted molar refractivity (Wildman–Crippen MR) is 119 cm³/mol. The molecule has 1 aromatic carbocycles. The van der Waals surface area contributed by atoms with Crippen molar-refractivity contribution in [2.45, 2.75) is 20.3 Å². The standard InChI is InChI=1S/C20H18BrClN6O2/c1-3-12(2)25-26-19(29)13-7-4-5-9-15(13)24-20(30)16-11-17(21)27-28(16)18-14(22)8-6-10-23-18/h4-11H,3H2,1-2H3,(H,24,30)(H,26,29)/b25-12+. The van der Waals surface area contributed by atoms with E-state index >= 15 is 0 Å². The minimum absolute atomic E-state index is 0.192. The molecular weight excluding hydrogens is 472 g/mol. The number of hydrazone groups is 1. The second-order valence-corrected chi connectivity index (χ2v) is 7.43. The molecule has 2 heterocycles. The molecule has 8 nitrogen and oxygen atoms in total. The van der Waals surface area contributed by atoms with E-state index in [4.69, 9.17) is 11.6 Å². The number of carbonyl (C=O) groups excluding carboxylic acids is 2. The third-order valence-corrected chi connectivity index (χ3v) is 4.81. The lowest BCUT2D eigenvalue weighted by molar-refractivity contribution is 0.0955. The highest BCUT2D eigenvalue weighted by molar-refractivity contribution is 9.10. The average molecular weight is 490 g/mol. The summed E-state index contributed by atoms with van der Waals surface area (Å²) in [5.41, 5.74) is 4.08. The minimum atomic E-state index is -0.483. The summed E-state index contributed by atoms with van der Waals surface area (Å²) in [4.78, 5) is 29.7. The molecule has 0 bridgehead atoms. The van der Waals surface area contributed by atoms with E-state index in [0.717, 1.165) is 5.71 Å². The van der Waals surface area contributed by atoms with E-state index in [1.54, 1.807) is 42.6 Å². The number of aromatic nitrogens is 3. The summed E-state index contributed by atoms with van der Waals surface area (Å²) >= 11 is 9.48. The Morgan fingerprint density at radius 2 is 1.97 bits per heavy atom. The molecule has 0 radical (unpaired) electrons. The van der Waals surface area contributed by atoms with Crippen LogP contribution in [0.1, 0.15) is 41.1 Å². The van der Waals surface area contributed by atoms with E-state index in [0.29, 0.717) is 27.6 Å². The molecule has 154 valence electrons. The van der Waals surface area contributed by atoms with Crippen molar-refractivity contribution in [1.29, 1.82) is 0 Å². The SMILES string of the molecule is CC/C(C)=N/NC(=O)c1ccccc1NC(=O)c1cc(Br)nn1-c1ncccc1Cl. The molecule has 30 heavy (non-hydrogen) atoms. The molecule has 0 aliphatic heterocycles. The van der Waals surface area contributed by atoms with Gasteiger partial charge in [0.1, 0.15) is 10.3 Å². The first-order valence-corrected chi connectivity index (χ1v) is 10.2. The average Bonchev–Trinajstić information content (AvgIpc) is 3.14. The van der Waals surface area contributed by atoms with Gasteiger partial charge in [-0.1, -0.05) is 30.7 Å². The Kier molecular flexibility index (Phi) is 6.96. The highest BCUT2D eigenvalue weighted by Gasteiger charge is 2.20. The molecule has 0 unspecified atom stereocenters. The van der Waals surface area contributed by atoms with E-state index in [9.17, 15) is 9.59 Å². The quantitative estimate of drug-likeness (QED) is 0.394. The van der Waals surface area contributed by atoms with E-state index in [-0.39, 0.29) is 11.3 Å². The van der Waals surface area contributed by atoms with Crippen LogP contribution in [0.4, 0.5) is 5.69 Å². The molecule has 0 aliphatic rings. The van der Waals surface area contributed by atoms with Crippen molar-refractivity contribution >= 4 is 50.7 Å². The van der Waals surface area contributed by atoms with Crippen molar-refractivity contribution in [1.82, 2.24) is 20.2 Å². The third kappa shape index (κ3) is 4.92. The maximum absolute atomic E-state index is 13.0. The Balaban J connectivity index is 1.90. The fourth-order valence-corrected chi connectivity index (χ4v) is 3.05. The van der Waals surface area contributed by atoms with Gasteiger partial charge in [-0.25, -0.2) is 15.1 Å². The zero-order chi connectivity index (χ0) is 21.7. The number of para-hydroxylation sites is 1. The Labute approximate surface area is 186 Å². The molecule has 0 aliphatic carbocycles. The van der Waals surface area contributed by atoms with Gasteiger partial charge in [-0.05, 0) is 53.5 Å². The third-order valence-electron chi connectivity index (χ3n) is 4.13. The molecule has 0 atom stereocenters. The summed E-state index contributed by atoms with van der Waals surface area (Å²) in [6.45, 7) is 3.75. The summed E-state index contributed by atoms with van der Waals surface area (Å²) in [5, 5.41) is 11.4. The summed E-state index contributed by atoms with van der Waals surface area (Å²) in [7, 11) is 0. The number of amides is 2. The number of nitrogens with zero attached hydrogens (tertiary/aromatic N) is 4. The number of benzene rings is 1. The van der Waals surface area contributed by atoms with Gasteiger partial charge in [0, 0.05) is 18.0 Å². The van der Waals surface area contributed by atoms with Crippen molar-refractivity contribution in [2.24, 2.45) is 5.10 Å². The predicted octanol–water partition coefficient (Wildman–Crippen LogP) is 4.45. The van der Waals surface area contributed by atoms with Gasteiger partial charge in [0.05, 0.1) is 16.3 Å². The highest BCUT2D eigenvalue weighted by Crippen LogP contribution is 2.23. The summed E-state index contributed by atoms with van der Waals surface area (Å²) in [6.07, 6.45) is 2.27.